The lowest BCUT2D eigenvalue weighted by Gasteiger charge is -2.27. The Bertz CT molecular complexity index is 227. The molecule has 2 N–H and O–H groups in total. The molecule has 1 aliphatic carbocycles. The van der Waals surface area contributed by atoms with Gasteiger partial charge in [0.1, 0.15) is 5.54 Å². The molecule has 1 unspecified atom stereocenters. The normalized spacial score (nSPS) is 20.3. The number of hydrogen-bond acceptors (Lipinski definition) is 3. The van der Waals surface area contributed by atoms with E-state index >= 15 is 0 Å². The van der Waals surface area contributed by atoms with E-state index in [0.717, 1.165) is 19.5 Å². The molecule has 0 aliphatic heterocycles. The van der Waals surface area contributed by atoms with Crippen molar-refractivity contribution in [3.63, 3.8) is 0 Å². The van der Waals surface area contributed by atoms with Crippen LogP contribution in [0.1, 0.15) is 26.2 Å². The van der Waals surface area contributed by atoms with E-state index in [1.54, 1.807) is 6.92 Å². The van der Waals surface area contributed by atoms with Gasteiger partial charge in [0, 0.05) is 13.1 Å². The zero-order valence-corrected chi connectivity index (χ0v) is 9.92. The topological polar surface area (TPSA) is 52.6 Å². The van der Waals surface area contributed by atoms with Crippen molar-refractivity contribution in [1.29, 1.82) is 0 Å². The number of hydrogen-bond donors (Lipinski definition) is 2. The van der Waals surface area contributed by atoms with Crippen molar-refractivity contribution in [2.75, 3.05) is 27.2 Å². The molecule has 1 atom stereocenters. The molecule has 1 fully saturated rings. The van der Waals surface area contributed by atoms with Crippen LogP contribution in [0.5, 0.6) is 0 Å². The Kier molecular flexibility index (Phi) is 4.11. The summed E-state index contributed by atoms with van der Waals surface area (Å²) in [5, 5.41) is 12.4. The predicted octanol–water partition coefficient (Wildman–Crippen LogP) is 0.781. The maximum atomic E-state index is 11.2. The Hall–Kier alpha value is -0.610. The standard InChI is InChI=1S/C11H22N2O2/c1-11(10(14)15,8-9-4-5-9)12-6-7-13(2)3/h9,12H,4-8H2,1-3H3,(H,14,15). The second-order valence-electron chi connectivity index (χ2n) is 5.01. The van der Waals surface area contributed by atoms with Gasteiger partial charge in [-0.25, -0.2) is 0 Å². The van der Waals surface area contributed by atoms with Crippen LogP contribution in [0.2, 0.25) is 0 Å². The summed E-state index contributed by atoms with van der Waals surface area (Å²) < 4.78 is 0. The van der Waals surface area contributed by atoms with Crippen molar-refractivity contribution >= 4 is 5.97 Å². The lowest BCUT2D eigenvalue weighted by atomic mass is 9.95. The highest BCUT2D eigenvalue weighted by Gasteiger charge is 2.38. The molecule has 0 spiro atoms. The second-order valence-corrected chi connectivity index (χ2v) is 5.01. The van der Waals surface area contributed by atoms with E-state index in [1.165, 1.54) is 12.8 Å². The quantitative estimate of drug-likeness (QED) is 0.657. The zero-order valence-electron chi connectivity index (χ0n) is 9.92. The van der Waals surface area contributed by atoms with Gasteiger partial charge in [0.05, 0.1) is 0 Å². The van der Waals surface area contributed by atoms with Gasteiger partial charge in [-0.1, -0.05) is 12.8 Å². The molecule has 0 aromatic rings. The third-order valence-electron chi connectivity index (χ3n) is 2.94. The van der Waals surface area contributed by atoms with E-state index in [4.69, 9.17) is 0 Å². The summed E-state index contributed by atoms with van der Waals surface area (Å²) in [7, 11) is 3.97. The first kappa shape index (κ1) is 12.5. The smallest absolute Gasteiger partial charge is 0.323 e. The van der Waals surface area contributed by atoms with Crippen LogP contribution in [0, 0.1) is 5.92 Å². The molecule has 4 nitrogen and oxygen atoms in total. The lowest BCUT2D eigenvalue weighted by molar-refractivity contribution is -0.144. The highest BCUT2D eigenvalue weighted by molar-refractivity contribution is 5.78. The summed E-state index contributed by atoms with van der Waals surface area (Å²) in [5.41, 5.74) is -0.739. The third kappa shape index (κ3) is 4.18. The number of carboxylic acids is 1. The summed E-state index contributed by atoms with van der Waals surface area (Å²) in [6.45, 7) is 3.39. The van der Waals surface area contributed by atoms with Crippen molar-refractivity contribution in [3.05, 3.63) is 0 Å². The minimum atomic E-state index is -0.739. The number of rotatable bonds is 7. The summed E-state index contributed by atoms with van der Waals surface area (Å²) >= 11 is 0. The van der Waals surface area contributed by atoms with Crippen molar-refractivity contribution < 1.29 is 9.90 Å². The Balaban J connectivity index is 2.37. The van der Waals surface area contributed by atoms with Crippen LogP contribution in [-0.2, 0) is 4.79 Å². The van der Waals surface area contributed by atoms with Crippen LogP contribution in [0.4, 0.5) is 0 Å². The van der Waals surface area contributed by atoms with E-state index in [2.05, 4.69) is 5.32 Å². The number of carbonyl (C=O) groups is 1. The number of aliphatic carboxylic acids is 1. The fraction of sp³-hybridized carbons (Fsp3) is 0.909. The monoisotopic (exact) mass is 214 g/mol. The van der Waals surface area contributed by atoms with Crippen LogP contribution in [-0.4, -0.2) is 48.7 Å². The van der Waals surface area contributed by atoms with Crippen LogP contribution in [0.3, 0.4) is 0 Å². The van der Waals surface area contributed by atoms with E-state index in [9.17, 15) is 9.90 Å². The first-order valence-electron chi connectivity index (χ1n) is 5.57. The summed E-state index contributed by atoms with van der Waals surface area (Å²) in [5.74, 6) is -0.105. The summed E-state index contributed by atoms with van der Waals surface area (Å²) in [6, 6.07) is 0. The van der Waals surface area contributed by atoms with Crippen LogP contribution in [0.15, 0.2) is 0 Å². The van der Waals surface area contributed by atoms with Gasteiger partial charge in [0.2, 0.25) is 0 Å². The number of nitrogens with one attached hydrogen (secondary N) is 1. The highest BCUT2D eigenvalue weighted by atomic mass is 16.4. The predicted molar refractivity (Wildman–Crippen MR) is 59.9 cm³/mol. The zero-order chi connectivity index (χ0) is 11.5. The first-order valence-corrected chi connectivity index (χ1v) is 5.57. The van der Waals surface area contributed by atoms with Gasteiger partial charge >= 0.3 is 5.97 Å². The molecule has 4 heteroatoms. The van der Waals surface area contributed by atoms with E-state index in [-0.39, 0.29) is 0 Å². The van der Waals surface area contributed by atoms with Crippen molar-refractivity contribution in [2.24, 2.45) is 5.92 Å². The van der Waals surface area contributed by atoms with Gasteiger partial charge in [-0.15, -0.1) is 0 Å². The largest absolute Gasteiger partial charge is 0.480 e. The molecular formula is C11H22N2O2. The van der Waals surface area contributed by atoms with Gasteiger partial charge < -0.3 is 15.3 Å². The molecule has 0 aromatic heterocycles. The molecule has 1 aliphatic rings. The van der Waals surface area contributed by atoms with Gasteiger partial charge in [0.15, 0.2) is 0 Å². The molecule has 0 amide bonds. The molecule has 0 radical (unpaired) electrons. The average molecular weight is 214 g/mol. The maximum Gasteiger partial charge on any atom is 0.323 e. The highest BCUT2D eigenvalue weighted by Crippen LogP contribution is 2.36. The van der Waals surface area contributed by atoms with Crippen molar-refractivity contribution in [1.82, 2.24) is 10.2 Å². The van der Waals surface area contributed by atoms with E-state index in [0.29, 0.717) is 5.92 Å². The number of carboxylic acid groups (broad SMARTS) is 1. The van der Waals surface area contributed by atoms with Gasteiger partial charge in [-0.2, -0.15) is 0 Å². The molecule has 0 bridgehead atoms. The van der Waals surface area contributed by atoms with Crippen LogP contribution < -0.4 is 5.32 Å². The molecule has 0 saturated heterocycles. The fourth-order valence-electron chi connectivity index (χ4n) is 1.69. The molecule has 0 heterocycles. The first-order chi connectivity index (χ1) is 6.94. The Morgan fingerprint density at radius 1 is 1.53 bits per heavy atom. The van der Waals surface area contributed by atoms with Gasteiger partial charge in [-0.3, -0.25) is 4.79 Å². The minimum Gasteiger partial charge on any atom is -0.480 e. The van der Waals surface area contributed by atoms with E-state index in [1.807, 2.05) is 19.0 Å². The molecule has 15 heavy (non-hydrogen) atoms. The summed E-state index contributed by atoms with van der Waals surface area (Å²) in [4.78, 5) is 13.2. The average Bonchev–Trinajstić information content (AvgIpc) is 2.87. The second kappa shape index (κ2) is 4.94. The molecule has 88 valence electrons. The third-order valence-corrected chi connectivity index (χ3v) is 2.94. The Morgan fingerprint density at radius 3 is 2.53 bits per heavy atom. The number of nitrogens with zero attached hydrogens (tertiary/aromatic N) is 1. The van der Waals surface area contributed by atoms with Crippen molar-refractivity contribution in [3.8, 4) is 0 Å². The lowest BCUT2D eigenvalue weighted by Crippen LogP contribution is -2.51. The van der Waals surface area contributed by atoms with Gasteiger partial charge in [-0.05, 0) is 33.4 Å². The Labute approximate surface area is 91.6 Å². The number of likely N-dealkylation sites (N-methyl/N-ethyl adjacent to an activating group) is 1. The Morgan fingerprint density at radius 2 is 2.13 bits per heavy atom. The minimum absolute atomic E-state index is 0.623. The van der Waals surface area contributed by atoms with Crippen molar-refractivity contribution in [2.45, 2.75) is 31.7 Å². The molecular weight excluding hydrogens is 192 g/mol. The maximum absolute atomic E-state index is 11.2. The molecule has 1 rings (SSSR count). The van der Waals surface area contributed by atoms with Crippen LogP contribution in [0.25, 0.3) is 0 Å². The van der Waals surface area contributed by atoms with Gasteiger partial charge in [0.25, 0.3) is 0 Å². The summed E-state index contributed by atoms with van der Waals surface area (Å²) in [6.07, 6.45) is 3.15. The molecule has 1 saturated carbocycles. The fourth-order valence-corrected chi connectivity index (χ4v) is 1.69. The molecule has 0 aromatic carbocycles. The van der Waals surface area contributed by atoms with E-state index < -0.39 is 11.5 Å². The SMILES string of the molecule is CN(C)CCNC(C)(CC1CC1)C(=O)O. The van der Waals surface area contributed by atoms with Crippen LogP contribution >= 0.6 is 0 Å².